The predicted molar refractivity (Wildman–Crippen MR) is 97.4 cm³/mol. The molecular weight excluding hydrogens is 368 g/mol. The standard InChI is InChI=1S/C19H21BrN2O2/c1-19(21,15-5-3-2-4-6-15)18(23)22-11-12-24-17(13-22)14-7-9-16(20)10-8-14/h2-10,17H,11-13,21H2,1H3. The number of rotatable bonds is 3. The minimum Gasteiger partial charge on any atom is -0.370 e. The van der Waals surface area contributed by atoms with Gasteiger partial charge in [0.05, 0.1) is 13.2 Å². The molecule has 0 aromatic heterocycles. The number of nitrogens with zero attached hydrogens (tertiary/aromatic N) is 1. The maximum absolute atomic E-state index is 13.0. The van der Waals surface area contributed by atoms with E-state index in [-0.39, 0.29) is 12.0 Å². The zero-order valence-electron chi connectivity index (χ0n) is 13.6. The molecule has 1 aliphatic rings. The molecule has 2 aromatic carbocycles. The summed E-state index contributed by atoms with van der Waals surface area (Å²) < 4.78 is 6.87. The smallest absolute Gasteiger partial charge is 0.247 e. The molecule has 0 saturated carbocycles. The maximum atomic E-state index is 13.0. The van der Waals surface area contributed by atoms with Crippen molar-refractivity contribution in [2.24, 2.45) is 5.73 Å². The largest absolute Gasteiger partial charge is 0.370 e. The van der Waals surface area contributed by atoms with Crippen molar-refractivity contribution in [2.45, 2.75) is 18.6 Å². The van der Waals surface area contributed by atoms with Crippen LogP contribution in [0.4, 0.5) is 0 Å². The number of halogens is 1. The van der Waals surface area contributed by atoms with E-state index < -0.39 is 5.54 Å². The monoisotopic (exact) mass is 388 g/mol. The van der Waals surface area contributed by atoms with E-state index in [0.29, 0.717) is 19.7 Å². The number of carbonyl (C=O) groups excluding carboxylic acids is 1. The minimum absolute atomic E-state index is 0.0703. The maximum Gasteiger partial charge on any atom is 0.247 e. The Hall–Kier alpha value is -1.69. The molecule has 1 amide bonds. The van der Waals surface area contributed by atoms with Gasteiger partial charge in [0.25, 0.3) is 0 Å². The van der Waals surface area contributed by atoms with Gasteiger partial charge in [-0.05, 0) is 30.2 Å². The highest BCUT2D eigenvalue weighted by Gasteiger charge is 2.37. The molecule has 0 bridgehead atoms. The molecule has 126 valence electrons. The third-order valence-electron chi connectivity index (χ3n) is 4.41. The first-order valence-electron chi connectivity index (χ1n) is 7.99. The van der Waals surface area contributed by atoms with Crippen LogP contribution in [0, 0.1) is 0 Å². The van der Waals surface area contributed by atoms with E-state index in [1.54, 1.807) is 6.92 Å². The van der Waals surface area contributed by atoms with E-state index in [4.69, 9.17) is 10.5 Å². The van der Waals surface area contributed by atoms with E-state index >= 15 is 0 Å². The van der Waals surface area contributed by atoms with Crippen molar-refractivity contribution in [3.05, 3.63) is 70.2 Å². The van der Waals surface area contributed by atoms with Crippen molar-refractivity contribution in [1.29, 1.82) is 0 Å². The third kappa shape index (κ3) is 3.53. The van der Waals surface area contributed by atoms with Gasteiger partial charge in [0, 0.05) is 11.0 Å². The molecule has 4 nitrogen and oxygen atoms in total. The first-order valence-corrected chi connectivity index (χ1v) is 8.78. The molecule has 2 aromatic rings. The molecule has 1 aliphatic heterocycles. The molecule has 0 radical (unpaired) electrons. The van der Waals surface area contributed by atoms with Crippen molar-refractivity contribution in [3.8, 4) is 0 Å². The first-order chi connectivity index (χ1) is 11.5. The van der Waals surface area contributed by atoms with Crippen LogP contribution in [0.3, 0.4) is 0 Å². The van der Waals surface area contributed by atoms with Crippen LogP contribution in [0.1, 0.15) is 24.2 Å². The SMILES string of the molecule is CC(N)(C(=O)N1CCOC(c2ccc(Br)cc2)C1)c1ccccc1. The fourth-order valence-corrected chi connectivity index (χ4v) is 3.21. The van der Waals surface area contributed by atoms with Gasteiger partial charge in [0.2, 0.25) is 5.91 Å². The molecule has 0 spiro atoms. The lowest BCUT2D eigenvalue weighted by molar-refractivity contribution is -0.144. The van der Waals surface area contributed by atoms with Crippen LogP contribution < -0.4 is 5.73 Å². The number of ether oxygens (including phenoxy) is 1. The van der Waals surface area contributed by atoms with Crippen LogP contribution in [0.5, 0.6) is 0 Å². The second-order valence-corrected chi connectivity index (χ2v) is 7.15. The van der Waals surface area contributed by atoms with E-state index in [1.807, 2.05) is 59.5 Å². The number of nitrogens with two attached hydrogens (primary N) is 1. The number of amides is 1. The normalized spacial score (nSPS) is 20.5. The van der Waals surface area contributed by atoms with Crippen LogP contribution >= 0.6 is 15.9 Å². The number of morpholine rings is 1. The Balaban J connectivity index is 1.76. The van der Waals surface area contributed by atoms with E-state index in [9.17, 15) is 4.79 Å². The molecule has 24 heavy (non-hydrogen) atoms. The van der Waals surface area contributed by atoms with Crippen LogP contribution in [0.15, 0.2) is 59.1 Å². The Labute approximate surface area is 150 Å². The fourth-order valence-electron chi connectivity index (χ4n) is 2.95. The molecule has 2 unspecified atom stereocenters. The van der Waals surface area contributed by atoms with E-state index in [2.05, 4.69) is 15.9 Å². The average molecular weight is 389 g/mol. The molecule has 1 saturated heterocycles. The van der Waals surface area contributed by atoms with Crippen molar-refractivity contribution in [1.82, 2.24) is 4.90 Å². The summed E-state index contributed by atoms with van der Waals surface area (Å²) in [6, 6.07) is 17.5. The summed E-state index contributed by atoms with van der Waals surface area (Å²) in [5.74, 6) is -0.0703. The van der Waals surface area contributed by atoms with Crippen LogP contribution in [-0.2, 0) is 15.1 Å². The lowest BCUT2D eigenvalue weighted by atomic mass is 9.91. The van der Waals surface area contributed by atoms with Gasteiger partial charge in [-0.15, -0.1) is 0 Å². The number of carbonyl (C=O) groups is 1. The van der Waals surface area contributed by atoms with Crippen LogP contribution in [-0.4, -0.2) is 30.5 Å². The molecular formula is C19H21BrN2O2. The summed E-state index contributed by atoms with van der Waals surface area (Å²) in [7, 11) is 0. The van der Waals surface area contributed by atoms with Gasteiger partial charge in [0.15, 0.2) is 0 Å². The third-order valence-corrected chi connectivity index (χ3v) is 4.94. The van der Waals surface area contributed by atoms with Gasteiger partial charge in [-0.1, -0.05) is 58.4 Å². The second-order valence-electron chi connectivity index (χ2n) is 6.23. The number of hydrogen-bond donors (Lipinski definition) is 1. The molecule has 3 rings (SSSR count). The summed E-state index contributed by atoms with van der Waals surface area (Å²) in [4.78, 5) is 14.8. The van der Waals surface area contributed by atoms with Gasteiger partial charge in [-0.3, -0.25) is 4.79 Å². The Morgan fingerprint density at radius 1 is 1.21 bits per heavy atom. The Bertz CT molecular complexity index is 701. The Morgan fingerprint density at radius 3 is 2.54 bits per heavy atom. The molecule has 5 heteroatoms. The fraction of sp³-hybridized carbons (Fsp3) is 0.316. The summed E-state index contributed by atoms with van der Waals surface area (Å²) in [6.45, 7) is 3.36. The van der Waals surface area contributed by atoms with Gasteiger partial charge in [-0.2, -0.15) is 0 Å². The van der Waals surface area contributed by atoms with E-state index in [1.165, 1.54) is 0 Å². The predicted octanol–water partition coefficient (Wildman–Crippen LogP) is 3.22. The quantitative estimate of drug-likeness (QED) is 0.877. The summed E-state index contributed by atoms with van der Waals surface area (Å²) in [6.07, 6.45) is -0.123. The Kier molecular flexibility index (Phi) is 5.04. The molecule has 2 atom stereocenters. The van der Waals surface area contributed by atoms with Gasteiger partial charge < -0.3 is 15.4 Å². The lowest BCUT2D eigenvalue weighted by Gasteiger charge is -2.37. The highest BCUT2D eigenvalue weighted by molar-refractivity contribution is 9.10. The van der Waals surface area contributed by atoms with Gasteiger partial charge in [0.1, 0.15) is 11.6 Å². The number of benzene rings is 2. The lowest BCUT2D eigenvalue weighted by Crippen LogP contribution is -2.54. The summed E-state index contributed by atoms with van der Waals surface area (Å²) in [5, 5.41) is 0. The van der Waals surface area contributed by atoms with Crippen molar-refractivity contribution >= 4 is 21.8 Å². The Morgan fingerprint density at radius 2 is 1.88 bits per heavy atom. The minimum atomic E-state index is -1.04. The second kappa shape index (κ2) is 7.05. The number of hydrogen-bond acceptors (Lipinski definition) is 3. The zero-order chi connectivity index (χ0) is 17.2. The molecule has 2 N–H and O–H groups in total. The highest BCUT2D eigenvalue weighted by Crippen LogP contribution is 2.27. The van der Waals surface area contributed by atoms with Crippen LogP contribution in [0.25, 0.3) is 0 Å². The van der Waals surface area contributed by atoms with E-state index in [0.717, 1.165) is 15.6 Å². The molecule has 1 heterocycles. The van der Waals surface area contributed by atoms with Gasteiger partial charge in [-0.25, -0.2) is 0 Å². The van der Waals surface area contributed by atoms with Crippen molar-refractivity contribution in [2.75, 3.05) is 19.7 Å². The summed E-state index contributed by atoms with van der Waals surface area (Å²) in [5.41, 5.74) is 7.22. The van der Waals surface area contributed by atoms with Crippen molar-refractivity contribution in [3.63, 3.8) is 0 Å². The van der Waals surface area contributed by atoms with Crippen molar-refractivity contribution < 1.29 is 9.53 Å². The average Bonchev–Trinajstić information content (AvgIpc) is 2.62. The first kappa shape index (κ1) is 17.1. The highest BCUT2D eigenvalue weighted by atomic mass is 79.9. The summed E-state index contributed by atoms with van der Waals surface area (Å²) >= 11 is 3.43. The molecule has 0 aliphatic carbocycles. The molecule has 1 fully saturated rings. The van der Waals surface area contributed by atoms with Crippen LogP contribution in [0.2, 0.25) is 0 Å². The topological polar surface area (TPSA) is 55.6 Å². The van der Waals surface area contributed by atoms with Gasteiger partial charge >= 0.3 is 0 Å². The zero-order valence-corrected chi connectivity index (χ0v) is 15.2.